The summed E-state index contributed by atoms with van der Waals surface area (Å²) in [7, 11) is 1.96. The molecule has 1 aromatic heterocycles. The monoisotopic (exact) mass is 359 g/mol. The van der Waals surface area contributed by atoms with Crippen LogP contribution in [0.15, 0.2) is 22.4 Å². The number of aromatic nitrogens is 1. The fourth-order valence-electron chi connectivity index (χ4n) is 5.22. The third kappa shape index (κ3) is 3.00. The molecule has 144 valence electrons. The number of rotatable bonds is 6. The summed E-state index contributed by atoms with van der Waals surface area (Å²) in [5.74, 6) is 2.43. The summed E-state index contributed by atoms with van der Waals surface area (Å²) in [6, 6.07) is 2.12. The molecule has 0 bridgehead atoms. The lowest BCUT2D eigenvalue weighted by atomic mass is 9.61. The van der Waals surface area contributed by atoms with Crippen LogP contribution in [-0.2, 0) is 12.5 Å². The molecular weight excluding hydrogens is 324 g/mol. The maximum atomic E-state index is 10.1. The Balaban J connectivity index is 1.48. The first-order chi connectivity index (χ1) is 12.4. The van der Waals surface area contributed by atoms with Gasteiger partial charge in [-0.25, -0.2) is 4.52 Å². The molecular formula is C22H35N2O2+. The molecule has 4 heteroatoms. The first-order valence-electron chi connectivity index (χ1n) is 10.6. The van der Waals surface area contributed by atoms with Gasteiger partial charge in [0.1, 0.15) is 0 Å². The number of allylic oxidation sites excluding steroid dienone is 2. The van der Waals surface area contributed by atoms with Crippen LogP contribution in [0.25, 0.3) is 0 Å². The molecule has 2 N–H and O–H groups in total. The van der Waals surface area contributed by atoms with Gasteiger partial charge >= 0.3 is 0 Å². The minimum Gasteiger partial charge on any atom is -0.395 e. The van der Waals surface area contributed by atoms with Gasteiger partial charge in [-0.2, -0.15) is 0 Å². The summed E-state index contributed by atoms with van der Waals surface area (Å²) >= 11 is 0. The van der Waals surface area contributed by atoms with Gasteiger partial charge in [-0.05, 0) is 35.8 Å². The Bertz CT molecular complexity index is 678. The van der Waals surface area contributed by atoms with Crippen molar-refractivity contribution in [3.8, 4) is 0 Å². The lowest BCUT2D eigenvalue weighted by Crippen LogP contribution is -2.44. The van der Waals surface area contributed by atoms with Crippen molar-refractivity contribution >= 4 is 5.88 Å². The highest BCUT2D eigenvalue weighted by Gasteiger charge is 2.45. The van der Waals surface area contributed by atoms with E-state index in [4.69, 9.17) is 4.52 Å². The second-order valence-electron chi connectivity index (χ2n) is 9.55. The predicted octanol–water partition coefficient (Wildman–Crippen LogP) is 4.44. The molecule has 1 unspecified atom stereocenters. The summed E-state index contributed by atoms with van der Waals surface area (Å²) in [4.78, 5) is 0. The molecule has 1 aromatic rings. The van der Waals surface area contributed by atoms with Crippen LogP contribution in [0.2, 0.25) is 0 Å². The summed E-state index contributed by atoms with van der Waals surface area (Å²) < 4.78 is 7.86. The van der Waals surface area contributed by atoms with Crippen molar-refractivity contribution in [2.45, 2.75) is 77.0 Å². The van der Waals surface area contributed by atoms with Crippen molar-refractivity contribution in [1.82, 2.24) is 0 Å². The van der Waals surface area contributed by atoms with E-state index >= 15 is 0 Å². The molecule has 4 nitrogen and oxygen atoms in total. The summed E-state index contributed by atoms with van der Waals surface area (Å²) in [5, 5.41) is 13.7. The smallest absolute Gasteiger partial charge is 0.279 e. The lowest BCUT2D eigenvalue weighted by molar-refractivity contribution is -0.851. The van der Waals surface area contributed by atoms with Crippen LogP contribution in [0.1, 0.15) is 77.3 Å². The summed E-state index contributed by atoms with van der Waals surface area (Å²) in [5.41, 5.74) is 2.48. The average Bonchev–Trinajstić information content (AvgIpc) is 2.97. The van der Waals surface area contributed by atoms with Crippen molar-refractivity contribution < 1.29 is 14.4 Å². The average molecular weight is 360 g/mol. The van der Waals surface area contributed by atoms with Gasteiger partial charge in [-0.15, -0.1) is 0 Å². The van der Waals surface area contributed by atoms with Crippen LogP contribution >= 0.6 is 0 Å². The fraction of sp³-hybridized carbons (Fsp3) is 0.773. The van der Waals surface area contributed by atoms with E-state index in [1.807, 2.05) is 11.8 Å². The fourth-order valence-corrected chi connectivity index (χ4v) is 5.22. The van der Waals surface area contributed by atoms with Gasteiger partial charge in [-0.3, -0.25) is 0 Å². The van der Waals surface area contributed by atoms with Crippen molar-refractivity contribution in [3.63, 3.8) is 0 Å². The van der Waals surface area contributed by atoms with Crippen LogP contribution in [0.3, 0.4) is 0 Å². The Morgan fingerprint density at radius 3 is 2.50 bits per heavy atom. The molecule has 2 fully saturated rings. The standard InChI is InChI=1S/C22H34N2O2/c1-21(2)17(12-16-8-7-9-16)13-18(21)23-20-14-19(24(3)26-20)22(15-25)10-5-4-6-11-22/h13-14,16-17,25H,4-12,15H2,1-3H3/p+1. The maximum absolute atomic E-state index is 10.1. The molecule has 0 aliphatic heterocycles. The van der Waals surface area contributed by atoms with Crippen molar-refractivity contribution in [1.29, 1.82) is 0 Å². The molecule has 1 atom stereocenters. The molecule has 0 radical (unpaired) electrons. The van der Waals surface area contributed by atoms with E-state index < -0.39 is 0 Å². The molecule has 1 heterocycles. The van der Waals surface area contributed by atoms with Crippen LogP contribution in [-0.4, -0.2) is 11.7 Å². The molecule has 3 aliphatic rings. The molecule has 0 aromatic carbocycles. The third-order valence-electron chi connectivity index (χ3n) is 7.56. The largest absolute Gasteiger partial charge is 0.395 e. The van der Waals surface area contributed by atoms with Crippen LogP contribution < -0.4 is 10.1 Å². The van der Waals surface area contributed by atoms with E-state index in [-0.39, 0.29) is 17.4 Å². The molecule has 3 aliphatic carbocycles. The number of hydrogen-bond donors (Lipinski definition) is 2. The molecule has 0 amide bonds. The number of anilines is 1. The topological polar surface area (TPSA) is 49.3 Å². The highest BCUT2D eigenvalue weighted by atomic mass is 16.5. The molecule has 0 saturated heterocycles. The minimum atomic E-state index is -0.132. The Kier molecular flexibility index (Phi) is 4.66. The first-order valence-corrected chi connectivity index (χ1v) is 10.6. The number of nitrogens with zero attached hydrogens (tertiary/aromatic N) is 1. The summed E-state index contributed by atoms with van der Waals surface area (Å²) in [6.07, 6.45) is 13.8. The van der Waals surface area contributed by atoms with E-state index in [2.05, 4.69) is 31.3 Å². The van der Waals surface area contributed by atoms with Gasteiger partial charge in [0.2, 0.25) is 5.69 Å². The quantitative estimate of drug-likeness (QED) is 0.738. The van der Waals surface area contributed by atoms with Crippen molar-refractivity contribution in [2.24, 2.45) is 24.3 Å². The highest BCUT2D eigenvalue weighted by Crippen LogP contribution is 2.50. The third-order valence-corrected chi connectivity index (χ3v) is 7.56. The minimum absolute atomic E-state index is 0.132. The molecule has 26 heavy (non-hydrogen) atoms. The number of nitrogens with one attached hydrogen (secondary N) is 1. The second-order valence-corrected chi connectivity index (χ2v) is 9.55. The van der Waals surface area contributed by atoms with Crippen molar-refractivity contribution in [3.05, 3.63) is 23.5 Å². The van der Waals surface area contributed by atoms with Crippen molar-refractivity contribution in [2.75, 3.05) is 11.9 Å². The molecule has 2 saturated carbocycles. The number of aliphatic hydroxyl groups is 1. The SMILES string of the molecule is C[n+]1oc(NC2=CC(CC3CCC3)C2(C)C)cc1C1(CO)CCCCC1. The van der Waals surface area contributed by atoms with E-state index in [0.717, 1.165) is 30.3 Å². The number of aliphatic hydroxyl groups excluding tert-OH is 1. The second kappa shape index (κ2) is 6.70. The zero-order valence-electron chi connectivity index (χ0n) is 16.7. The summed E-state index contributed by atoms with van der Waals surface area (Å²) in [6.45, 7) is 4.90. The van der Waals surface area contributed by atoms with E-state index in [9.17, 15) is 5.11 Å². The van der Waals surface area contributed by atoms with E-state index in [1.165, 1.54) is 50.6 Å². The zero-order chi connectivity index (χ0) is 18.4. The Hall–Kier alpha value is -1.29. The van der Waals surface area contributed by atoms with Gasteiger partial charge in [0.15, 0.2) is 7.05 Å². The highest BCUT2D eigenvalue weighted by molar-refractivity contribution is 5.46. The normalized spacial score (nSPS) is 27.4. The molecule has 0 spiro atoms. The maximum Gasteiger partial charge on any atom is 0.279 e. The van der Waals surface area contributed by atoms with Crippen LogP contribution in [0.4, 0.5) is 5.88 Å². The van der Waals surface area contributed by atoms with Gasteiger partial charge in [0.25, 0.3) is 5.88 Å². The van der Waals surface area contributed by atoms with E-state index in [1.54, 1.807) is 0 Å². The Morgan fingerprint density at radius 1 is 1.19 bits per heavy atom. The Labute approximate surface area is 157 Å². The van der Waals surface area contributed by atoms with Gasteiger partial charge < -0.3 is 10.4 Å². The van der Waals surface area contributed by atoms with Gasteiger partial charge in [-0.1, -0.05) is 58.4 Å². The number of aryl methyl sites for hydroxylation is 1. The lowest BCUT2D eigenvalue weighted by Gasteiger charge is -2.46. The Morgan fingerprint density at radius 2 is 1.92 bits per heavy atom. The van der Waals surface area contributed by atoms with Gasteiger partial charge in [0.05, 0.1) is 18.1 Å². The zero-order valence-corrected chi connectivity index (χ0v) is 16.7. The van der Waals surface area contributed by atoms with Gasteiger partial charge in [0, 0.05) is 11.1 Å². The first kappa shape index (κ1) is 18.1. The van der Waals surface area contributed by atoms with Crippen LogP contribution in [0.5, 0.6) is 0 Å². The van der Waals surface area contributed by atoms with E-state index in [0.29, 0.717) is 5.92 Å². The number of hydrogen-bond acceptors (Lipinski definition) is 3. The van der Waals surface area contributed by atoms with Crippen LogP contribution in [0, 0.1) is 17.3 Å². The predicted molar refractivity (Wildman–Crippen MR) is 103 cm³/mol. The molecule has 4 rings (SSSR count).